The molecule has 0 radical (unpaired) electrons. The quantitative estimate of drug-likeness (QED) is 0.745. The minimum atomic E-state index is 0.585. The normalized spacial score (nSPS) is 11.5. The Hall–Kier alpha value is -1.94. The highest BCUT2D eigenvalue weighted by atomic mass is 15.2. The minimum absolute atomic E-state index is 0.585. The second-order valence-electron chi connectivity index (χ2n) is 4.70. The molecule has 4 heteroatoms. The molecule has 92 valence electrons. The number of hydrogen-bond acceptors (Lipinski definition) is 3. The number of hydrogen-bond donors (Lipinski definition) is 1. The fraction of sp³-hybridized carbons (Fsp3) is 0.286. The standard InChI is InChI=1S/C14H16N4/c1-9-3-4-11-10(2)8-14-17-16-13(5-6-15)18(14)12(11)7-9/h3-4,7-8H,5-6,15H2,1-2H3. The summed E-state index contributed by atoms with van der Waals surface area (Å²) in [5.74, 6) is 0.933. The van der Waals surface area contributed by atoms with Crippen LogP contribution in [0.4, 0.5) is 0 Å². The first-order valence-corrected chi connectivity index (χ1v) is 6.15. The van der Waals surface area contributed by atoms with Gasteiger partial charge in [-0.2, -0.15) is 0 Å². The fourth-order valence-electron chi connectivity index (χ4n) is 2.41. The molecular formula is C14H16N4. The predicted octanol–water partition coefficient (Wildman–Crippen LogP) is 2.00. The molecule has 2 heterocycles. The Bertz CT molecular complexity index is 727. The lowest BCUT2D eigenvalue weighted by Crippen LogP contribution is -2.07. The Morgan fingerprint density at radius 3 is 2.78 bits per heavy atom. The molecule has 4 nitrogen and oxygen atoms in total. The van der Waals surface area contributed by atoms with Gasteiger partial charge in [0.1, 0.15) is 5.82 Å². The van der Waals surface area contributed by atoms with Gasteiger partial charge in [0.15, 0.2) is 5.65 Å². The molecule has 0 aliphatic heterocycles. The second-order valence-corrected chi connectivity index (χ2v) is 4.70. The largest absolute Gasteiger partial charge is 0.330 e. The number of pyridine rings is 1. The molecule has 0 bridgehead atoms. The van der Waals surface area contributed by atoms with Crippen LogP contribution >= 0.6 is 0 Å². The van der Waals surface area contributed by atoms with E-state index in [1.54, 1.807) is 0 Å². The van der Waals surface area contributed by atoms with E-state index in [1.165, 1.54) is 22.0 Å². The van der Waals surface area contributed by atoms with Gasteiger partial charge in [-0.3, -0.25) is 4.40 Å². The number of aromatic nitrogens is 3. The molecule has 0 saturated carbocycles. The molecular weight excluding hydrogens is 224 g/mol. The van der Waals surface area contributed by atoms with Crippen LogP contribution in [-0.4, -0.2) is 21.1 Å². The molecule has 0 aliphatic carbocycles. The van der Waals surface area contributed by atoms with Crippen LogP contribution in [0.25, 0.3) is 16.6 Å². The van der Waals surface area contributed by atoms with Gasteiger partial charge >= 0.3 is 0 Å². The summed E-state index contributed by atoms with van der Waals surface area (Å²) in [6.45, 7) is 4.79. The first-order valence-electron chi connectivity index (χ1n) is 6.15. The molecule has 1 aromatic carbocycles. The van der Waals surface area contributed by atoms with Crippen molar-refractivity contribution in [3.8, 4) is 0 Å². The highest BCUT2D eigenvalue weighted by molar-refractivity contribution is 5.86. The van der Waals surface area contributed by atoms with Crippen molar-refractivity contribution in [3.05, 3.63) is 41.2 Å². The van der Waals surface area contributed by atoms with Crippen LogP contribution in [0.5, 0.6) is 0 Å². The lowest BCUT2D eigenvalue weighted by atomic mass is 10.1. The molecule has 0 fully saturated rings. The van der Waals surface area contributed by atoms with E-state index in [0.717, 1.165) is 17.9 Å². The van der Waals surface area contributed by atoms with Crippen molar-refractivity contribution in [2.75, 3.05) is 6.54 Å². The van der Waals surface area contributed by atoms with Gasteiger partial charge in [-0.05, 0) is 43.7 Å². The first-order chi connectivity index (χ1) is 8.70. The van der Waals surface area contributed by atoms with Crippen molar-refractivity contribution >= 4 is 16.6 Å². The molecule has 0 amide bonds. The lowest BCUT2D eigenvalue weighted by Gasteiger charge is -2.08. The van der Waals surface area contributed by atoms with Gasteiger partial charge in [-0.1, -0.05) is 12.1 Å². The zero-order valence-electron chi connectivity index (χ0n) is 10.6. The van der Waals surface area contributed by atoms with E-state index in [9.17, 15) is 0 Å². The molecule has 3 rings (SSSR count). The maximum Gasteiger partial charge on any atom is 0.161 e. The summed E-state index contributed by atoms with van der Waals surface area (Å²) >= 11 is 0. The van der Waals surface area contributed by atoms with Crippen molar-refractivity contribution in [1.82, 2.24) is 14.6 Å². The van der Waals surface area contributed by atoms with Crippen molar-refractivity contribution < 1.29 is 0 Å². The van der Waals surface area contributed by atoms with Crippen molar-refractivity contribution in [2.45, 2.75) is 20.3 Å². The van der Waals surface area contributed by atoms with E-state index < -0.39 is 0 Å². The van der Waals surface area contributed by atoms with Gasteiger partial charge in [0.25, 0.3) is 0 Å². The third kappa shape index (κ3) is 1.57. The zero-order chi connectivity index (χ0) is 12.7. The molecule has 0 spiro atoms. The highest BCUT2D eigenvalue weighted by Crippen LogP contribution is 2.22. The van der Waals surface area contributed by atoms with Gasteiger partial charge in [0.05, 0.1) is 5.52 Å². The van der Waals surface area contributed by atoms with Gasteiger partial charge in [0, 0.05) is 11.8 Å². The van der Waals surface area contributed by atoms with E-state index in [4.69, 9.17) is 5.73 Å². The van der Waals surface area contributed by atoms with Gasteiger partial charge < -0.3 is 5.73 Å². The Kier molecular flexibility index (Phi) is 2.52. The summed E-state index contributed by atoms with van der Waals surface area (Å²) in [5, 5.41) is 9.72. The number of benzene rings is 1. The minimum Gasteiger partial charge on any atom is -0.330 e. The van der Waals surface area contributed by atoms with Crippen LogP contribution in [0.2, 0.25) is 0 Å². The second kappa shape index (κ2) is 4.07. The number of aryl methyl sites for hydroxylation is 2. The maximum absolute atomic E-state index is 5.63. The summed E-state index contributed by atoms with van der Waals surface area (Å²) in [6, 6.07) is 8.54. The van der Waals surface area contributed by atoms with E-state index in [0.29, 0.717) is 6.54 Å². The Labute approximate surface area is 105 Å². The molecule has 0 saturated heterocycles. The Morgan fingerprint density at radius 1 is 1.17 bits per heavy atom. The molecule has 3 aromatic rings. The number of nitrogens with zero attached hydrogens (tertiary/aromatic N) is 3. The highest BCUT2D eigenvalue weighted by Gasteiger charge is 2.10. The summed E-state index contributed by atoms with van der Waals surface area (Å²) < 4.78 is 2.11. The summed E-state index contributed by atoms with van der Waals surface area (Å²) in [6.07, 6.45) is 0.743. The molecule has 0 aliphatic rings. The molecule has 18 heavy (non-hydrogen) atoms. The first kappa shape index (κ1) is 11.2. The Morgan fingerprint density at radius 2 is 2.00 bits per heavy atom. The topological polar surface area (TPSA) is 56.2 Å². The molecule has 0 atom stereocenters. The van der Waals surface area contributed by atoms with Crippen LogP contribution < -0.4 is 5.73 Å². The van der Waals surface area contributed by atoms with Crippen molar-refractivity contribution in [3.63, 3.8) is 0 Å². The smallest absolute Gasteiger partial charge is 0.161 e. The van der Waals surface area contributed by atoms with E-state index in [1.807, 2.05) is 0 Å². The van der Waals surface area contributed by atoms with Gasteiger partial charge in [0.2, 0.25) is 0 Å². The molecule has 2 aromatic heterocycles. The summed E-state index contributed by atoms with van der Waals surface area (Å²) in [7, 11) is 0. The van der Waals surface area contributed by atoms with Crippen LogP contribution in [0, 0.1) is 13.8 Å². The Balaban J connectivity index is 2.47. The predicted molar refractivity (Wildman–Crippen MR) is 72.7 cm³/mol. The monoisotopic (exact) mass is 240 g/mol. The SMILES string of the molecule is Cc1ccc2c(C)cc3nnc(CCN)n3c2c1. The summed E-state index contributed by atoms with van der Waals surface area (Å²) in [5.41, 5.74) is 10.2. The van der Waals surface area contributed by atoms with Crippen LogP contribution in [-0.2, 0) is 6.42 Å². The van der Waals surface area contributed by atoms with Crippen molar-refractivity contribution in [1.29, 1.82) is 0 Å². The van der Waals surface area contributed by atoms with Crippen LogP contribution in [0.1, 0.15) is 17.0 Å². The van der Waals surface area contributed by atoms with Crippen molar-refractivity contribution in [2.24, 2.45) is 5.73 Å². The number of fused-ring (bicyclic) bond motifs is 3. The summed E-state index contributed by atoms with van der Waals surface area (Å²) in [4.78, 5) is 0. The molecule has 2 N–H and O–H groups in total. The van der Waals surface area contributed by atoms with Gasteiger partial charge in [-0.25, -0.2) is 0 Å². The fourth-order valence-corrected chi connectivity index (χ4v) is 2.41. The average molecular weight is 240 g/mol. The third-order valence-electron chi connectivity index (χ3n) is 3.29. The lowest BCUT2D eigenvalue weighted by molar-refractivity contribution is 0.856. The zero-order valence-corrected chi connectivity index (χ0v) is 10.6. The van der Waals surface area contributed by atoms with Gasteiger partial charge in [-0.15, -0.1) is 10.2 Å². The third-order valence-corrected chi connectivity index (χ3v) is 3.29. The number of nitrogens with two attached hydrogens (primary N) is 1. The van der Waals surface area contributed by atoms with E-state index in [2.05, 4.69) is 52.7 Å². The van der Waals surface area contributed by atoms with Crippen LogP contribution in [0.15, 0.2) is 24.3 Å². The number of rotatable bonds is 2. The van der Waals surface area contributed by atoms with E-state index >= 15 is 0 Å². The average Bonchev–Trinajstić information content (AvgIpc) is 2.73. The van der Waals surface area contributed by atoms with E-state index in [-0.39, 0.29) is 0 Å². The van der Waals surface area contributed by atoms with Crippen LogP contribution in [0.3, 0.4) is 0 Å². The maximum atomic E-state index is 5.63. The molecule has 0 unspecified atom stereocenters.